The number of carboxylic acid groups (broad SMARTS) is 1. The van der Waals surface area contributed by atoms with Gasteiger partial charge in [-0.25, -0.2) is 14.8 Å². The normalized spacial score (nSPS) is 10.9. The standard InChI is InChI=1S/C19H15N5O3S/c1-2-24(11-4-3-7-20-8-11)18(25)15-6-5-14(28-15)13-10-22-17-16(23-13)12(9-21-17)19(26)27/h3-10H,2H2,1H3,(H,21,22)(H,26,27). The number of aromatic carboxylic acids is 1. The highest BCUT2D eigenvalue weighted by Gasteiger charge is 2.20. The van der Waals surface area contributed by atoms with Gasteiger partial charge in [-0.2, -0.15) is 0 Å². The van der Waals surface area contributed by atoms with E-state index < -0.39 is 5.97 Å². The van der Waals surface area contributed by atoms with Crippen molar-refractivity contribution in [3.05, 3.63) is 59.5 Å². The molecule has 0 aliphatic carbocycles. The van der Waals surface area contributed by atoms with Crippen LogP contribution in [0.3, 0.4) is 0 Å². The van der Waals surface area contributed by atoms with Crippen molar-refractivity contribution in [2.75, 3.05) is 11.4 Å². The van der Waals surface area contributed by atoms with Crippen LogP contribution in [0.15, 0.2) is 49.1 Å². The van der Waals surface area contributed by atoms with Gasteiger partial charge in [0.2, 0.25) is 0 Å². The summed E-state index contributed by atoms with van der Waals surface area (Å²) in [5.41, 5.74) is 2.00. The Labute approximate surface area is 163 Å². The first kappa shape index (κ1) is 17.8. The number of pyridine rings is 1. The molecule has 0 saturated carbocycles. The molecular formula is C19H15N5O3S. The molecule has 140 valence electrons. The number of aromatic amines is 1. The Hall–Kier alpha value is -3.59. The summed E-state index contributed by atoms with van der Waals surface area (Å²) >= 11 is 1.29. The third-order valence-electron chi connectivity index (χ3n) is 4.20. The summed E-state index contributed by atoms with van der Waals surface area (Å²) < 4.78 is 0. The number of nitrogens with one attached hydrogen (secondary N) is 1. The molecule has 0 aliphatic rings. The second kappa shape index (κ2) is 7.20. The molecule has 0 atom stereocenters. The minimum atomic E-state index is -1.07. The Bertz CT molecular complexity index is 1170. The SMILES string of the molecule is CCN(C(=O)c1ccc(-c2cnc3[nH]cc(C(=O)O)c3n2)s1)c1cccnc1. The second-order valence-corrected chi connectivity index (χ2v) is 6.97. The Balaban J connectivity index is 1.67. The molecule has 0 spiro atoms. The number of thiophene rings is 1. The minimum absolute atomic E-state index is 0.0611. The van der Waals surface area contributed by atoms with Gasteiger partial charge in [0.05, 0.1) is 33.5 Å². The number of H-pyrrole nitrogens is 1. The lowest BCUT2D eigenvalue weighted by atomic mass is 10.3. The largest absolute Gasteiger partial charge is 0.478 e. The van der Waals surface area contributed by atoms with E-state index >= 15 is 0 Å². The number of rotatable bonds is 5. The van der Waals surface area contributed by atoms with Gasteiger partial charge < -0.3 is 15.0 Å². The molecule has 8 nitrogen and oxygen atoms in total. The third-order valence-corrected chi connectivity index (χ3v) is 5.30. The number of carboxylic acids is 1. The lowest BCUT2D eigenvalue weighted by Gasteiger charge is -2.19. The van der Waals surface area contributed by atoms with Crippen molar-refractivity contribution < 1.29 is 14.7 Å². The van der Waals surface area contributed by atoms with Crippen LogP contribution >= 0.6 is 11.3 Å². The van der Waals surface area contributed by atoms with E-state index in [1.807, 2.05) is 13.0 Å². The van der Waals surface area contributed by atoms with E-state index in [0.717, 1.165) is 10.6 Å². The summed E-state index contributed by atoms with van der Waals surface area (Å²) in [6, 6.07) is 7.15. The number of anilines is 1. The summed E-state index contributed by atoms with van der Waals surface area (Å²) in [5.74, 6) is -1.21. The molecule has 0 fully saturated rings. The number of nitrogens with zero attached hydrogens (tertiary/aromatic N) is 4. The van der Waals surface area contributed by atoms with Gasteiger partial charge in [0, 0.05) is 18.9 Å². The lowest BCUT2D eigenvalue weighted by Crippen LogP contribution is -2.29. The van der Waals surface area contributed by atoms with E-state index in [1.165, 1.54) is 17.5 Å². The summed E-state index contributed by atoms with van der Waals surface area (Å²) in [6.45, 7) is 2.41. The maximum absolute atomic E-state index is 12.9. The fourth-order valence-electron chi connectivity index (χ4n) is 2.85. The van der Waals surface area contributed by atoms with Crippen molar-refractivity contribution in [2.45, 2.75) is 6.92 Å². The molecule has 0 saturated heterocycles. The molecule has 4 aromatic rings. The van der Waals surface area contributed by atoms with Gasteiger partial charge in [0.1, 0.15) is 11.1 Å². The topological polar surface area (TPSA) is 112 Å². The van der Waals surface area contributed by atoms with Crippen LogP contribution in [0.4, 0.5) is 5.69 Å². The molecule has 0 aliphatic heterocycles. The molecule has 4 heterocycles. The zero-order valence-electron chi connectivity index (χ0n) is 14.8. The van der Waals surface area contributed by atoms with Gasteiger partial charge in [-0.15, -0.1) is 11.3 Å². The molecular weight excluding hydrogens is 378 g/mol. The number of hydrogen-bond donors (Lipinski definition) is 2. The van der Waals surface area contributed by atoms with Gasteiger partial charge >= 0.3 is 5.97 Å². The van der Waals surface area contributed by atoms with E-state index in [9.17, 15) is 14.7 Å². The molecule has 28 heavy (non-hydrogen) atoms. The van der Waals surface area contributed by atoms with Crippen LogP contribution in [-0.4, -0.2) is 43.5 Å². The maximum Gasteiger partial charge on any atom is 0.339 e. The zero-order valence-corrected chi connectivity index (χ0v) is 15.6. The molecule has 4 aromatic heterocycles. The first-order chi connectivity index (χ1) is 13.6. The summed E-state index contributed by atoms with van der Waals surface area (Å²) in [7, 11) is 0. The molecule has 0 bridgehead atoms. The van der Waals surface area contributed by atoms with Crippen LogP contribution in [0.2, 0.25) is 0 Å². The monoisotopic (exact) mass is 393 g/mol. The maximum atomic E-state index is 12.9. The lowest BCUT2D eigenvalue weighted by molar-refractivity contribution is 0.0698. The summed E-state index contributed by atoms with van der Waals surface area (Å²) in [4.78, 5) is 42.7. The van der Waals surface area contributed by atoms with Crippen LogP contribution in [0.5, 0.6) is 0 Å². The Morgan fingerprint density at radius 3 is 2.82 bits per heavy atom. The fourth-order valence-corrected chi connectivity index (χ4v) is 3.76. The summed E-state index contributed by atoms with van der Waals surface area (Å²) in [6.07, 6.45) is 6.23. The van der Waals surface area contributed by atoms with Gasteiger partial charge in [-0.1, -0.05) is 0 Å². The van der Waals surface area contributed by atoms with Crippen LogP contribution in [-0.2, 0) is 0 Å². The predicted molar refractivity (Wildman–Crippen MR) is 106 cm³/mol. The van der Waals surface area contributed by atoms with Crippen molar-refractivity contribution in [2.24, 2.45) is 0 Å². The van der Waals surface area contributed by atoms with Crippen molar-refractivity contribution in [1.82, 2.24) is 19.9 Å². The van der Waals surface area contributed by atoms with Crippen LogP contribution < -0.4 is 4.90 Å². The molecule has 2 N–H and O–H groups in total. The number of hydrogen-bond acceptors (Lipinski definition) is 6. The van der Waals surface area contributed by atoms with E-state index in [0.29, 0.717) is 22.8 Å². The third kappa shape index (κ3) is 3.12. The molecule has 4 rings (SSSR count). The Morgan fingerprint density at radius 2 is 2.11 bits per heavy atom. The van der Waals surface area contributed by atoms with E-state index in [2.05, 4.69) is 19.9 Å². The molecule has 0 radical (unpaired) electrons. The quantitative estimate of drug-likeness (QED) is 0.537. The highest BCUT2D eigenvalue weighted by Crippen LogP contribution is 2.29. The van der Waals surface area contributed by atoms with Crippen LogP contribution in [0.1, 0.15) is 27.0 Å². The second-order valence-electron chi connectivity index (χ2n) is 5.88. The number of aromatic nitrogens is 4. The first-order valence-corrected chi connectivity index (χ1v) is 9.29. The van der Waals surface area contributed by atoms with E-state index in [1.54, 1.807) is 41.7 Å². The Kier molecular flexibility index (Phi) is 4.58. The van der Waals surface area contributed by atoms with Crippen molar-refractivity contribution in [3.8, 4) is 10.6 Å². The van der Waals surface area contributed by atoms with Crippen LogP contribution in [0, 0.1) is 0 Å². The zero-order chi connectivity index (χ0) is 19.7. The average Bonchev–Trinajstić information content (AvgIpc) is 3.36. The first-order valence-electron chi connectivity index (χ1n) is 8.48. The number of carbonyl (C=O) groups is 2. The number of amides is 1. The van der Waals surface area contributed by atoms with E-state index in [-0.39, 0.29) is 17.0 Å². The highest BCUT2D eigenvalue weighted by atomic mass is 32.1. The molecule has 9 heteroatoms. The van der Waals surface area contributed by atoms with Crippen LogP contribution in [0.25, 0.3) is 21.7 Å². The number of carbonyl (C=O) groups excluding carboxylic acids is 1. The fraction of sp³-hybridized carbons (Fsp3) is 0.105. The van der Waals surface area contributed by atoms with Crippen molar-refractivity contribution >= 4 is 40.1 Å². The van der Waals surface area contributed by atoms with E-state index in [4.69, 9.17) is 0 Å². The Morgan fingerprint density at radius 1 is 1.25 bits per heavy atom. The van der Waals surface area contributed by atoms with Gasteiger partial charge in [-0.05, 0) is 31.2 Å². The summed E-state index contributed by atoms with van der Waals surface area (Å²) in [5, 5.41) is 9.27. The number of fused-ring (bicyclic) bond motifs is 1. The smallest absolute Gasteiger partial charge is 0.339 e. The van der Waals surface area contributed by atoms with Gasteiger partial charge in [0.25, 0.3) is 5.91 Å². The minimum Gasteiger partial charge on any atom is -0.478 e. The molecule has 0 aromatic carbocycles. The highest BCUT2D eigenvalue weighted by molar-refractivity contribution is 7.17. The van der Waals surface area contributed by atoms with Crippen molar-refractivity contribution in [1.29, 1.82) is 0 Å². The van der Waals surface area contributed by atoms with Gasteiger partial charge in [0.15, 0.2) is 5.65 Å². The predicted octanol–water partition coefficient (Wildman–Crippen LogP) is 3.45. The van der Waals surface area contributed by atoms with Gasteiger partial charge in [-0.3, -0.25) is 9.78 Å². The van der Waals surface area contributed by atoms with Crippen molar-refractivity contribution in [3.63, 3.8) is 0 Å². The molecule has 1 amide bonds. The average molecular weight is 393 g/mol. The molecule has 0 unspecified atom stereocenters.